The molecule has 0 radical (unpaired) electrons. The average Bonchev–Trinajstić information content (AvgIpc) is 3.66. The molecule has 0 bridgehead atoms. The second kappa shape index (κ2) is 13.8. The van der Waals surface area contributed by atoms with Crippen molar-refractivity contribution in [3.8, 4) is 16.8 Å². The van der Waals surface area contributed by atoms with Crippen molar-refractivity contribution in [1.29, 1.82) is 0 Å². The highest BCUT2D eigenvalue weighted by atomic mass is 35.5. The second-order valence-electron chi connectivity index (χ2n) is 10.8. The van der Waals surface area contributed by atoms with Gasteiger partial charge in [-0.05, 0) is 81.6 Å². The number of aromatic nitrogens is 5. The predicted molar refractivity (Wildman–Crippen MR) is 176 cm³/mol. The molecule has 0 fully saturated rings. The van der Waals surface area contributed by atoms with Gasteiger partial charge < -0.3 is 20.6 Å². The third-order valence-electron chi connectivity index (χ3n) is 8.00. The van der Waals surface area contributed by atoms with Gasteiger partial charge in [-0.1, -0.05) is 41.9 Å². The number of nitrogens with zero attached hydrogens (tertiary/aromatic N) is 6. The number of carbonyl (C=O) groups is 4. The molecular formula is C34H26ClFN8O5. The Labute approximate surface area is 283 Å². The minimum Gasteiger partial charge on any atom is -0.478 e. The number of anilines is 1. The summed E-state index contributed by atoms with van der Waals surface area (Å²) in [5, 5.41) is 25.3. The number of hydrogen-bond acceptors (Lipinski definition) is 8. The fraction of sp³-hybridized carbons (Fsp3) is 0.118. The van der Waals surface area contributed by atoms with Crippen molar-refractivity contribution in [2.24, 2.45) is 0 Å². The monoisotopic (exact) mass is 680 g/mol. The van der Waals surface area contributed by atoms with Crippen LogP contribution in [-0.4, -0.2) is 72.5 Å². The van der Waals surface area contributed by atoms with Crippen molar-refractivity contribution in [3.05, 3.63) is 124 Å². The Morgan fingerprint density at radius 3 is 2.47 bits per heavy atom. The number of carboxylic acids is 1. The highest BCUT2D eigenvalue weighted by molar-refractivity contribution is 6.31. The molecule has 0 saturated heterocycles. The Morgan fingerprint density at radius 2 is 1.80 bits per heavy atom. The zero-order chi connectivity index (χ0) is 34.7. The summed E-state index contributed by atoms with van der Waals surface area (Å²) in [6.07, 6.45) is 5.15. The van der Waals surface area contributed by atoms with Crippen molar-refractivity contribution in [1.82, 2.24) is 35.4 Å². The number of amides is 3. The Bertz CT molecular complexity index is 2100. The standard InChI is InChI=1S/C34H26ClFN8O5/c1-37-32(46)20-7-5-19(6-8-20)22-3-2-4-24-23(22)15-16-43(31(24)33(47)40-28-13-9-21(17-38-28)34(48)49)29(45)14-10-25-27(44-18-39-41-42-44)12-11-26(35)30(25)36/h2-14,17-18,31H,15-16H2,1H3,(H,37,46)(H,48,49)(H,38,40,47)/b14-10+. The number of benzene rings is 3. The molecule has 0 saturated carbocycles. The van der Waals surface area contributed by atoms with Gasteiger partial charge in [0.15, 0.2) is 5.82 Å². The molecule has 1 atom stereocenters. The summed E-state index contributed by atoms with van der Waals surface area (Å²) in [7, 11) is 1.55. The van der Waals surface area contributed by atoms with Crippen LogP contribution in [0.3, 0.4) is 0 Å². The smallest absolute Gasteiger partial charge is 0.337 e. The number of hydrogen-bond donors (Lipinski definition) is 3. The Balaban J connectivity index is 1.38. The van der Waals surface area contributed by atoms with E-state index in [1.54, 1.807) is 31.3 Å². The topological polar surface area (TPSA) is 172 Å². The van der Waals surface area contributed by atoms with E-state index >= 15 is 4.39 Å². The van der Waals surface area contributed by atoms with Gasteiger partial charge in [0.25, 0.3) is 11.8 Å². The normalized spacial score (nSPS) is 13.9. The first kappa shape index (κ1) is 32.7. The number of nitrogens with one attached hydrogen (secondary N) is 2. The van der Waals surface area contributed by atoms with Crippen LogP contribution in [0.1, 0.15) is 43.4 Å². The quantitative estimate of drug-likeness (QED) is 0.201. The Hall–Kier alpha value is -6.28. The molecule has 3 heterocycles. The van der Waals surface area contributed by atoms with Gasteiger partial charge in [0.2, 0.25) is 5.91 Å². The van der Waals surface area contributed by atoms with Crippen molar-refractivity contribution in [2.45, 2.75) is 12.5 Å². The van der Waals surface area contributed by atoms with Crippen LogP contribution >= 0.6 is 11.6 Å². The fourth-order valence-corrected chi connectivity index (χ4v) is 5.80. The molecule has 15 heteroatoms. The van der Waals surface area contributed by atoms with Crippen LogP contribution in [0.2, 0.25) is 5.02 Å². The lowest BCUT2D eigenvalue weighted by Crippen LogP contribution is -2.45. The second-order valence-corrected chi connectivity index (χ2v) is 11.2. The number of carboxylic acid groups (broad SMARTS) is 1. The summed E-state index contributed by atoms with van der Waals surface area (Å²) in [5.74, 6) is -3.31. The molecule has 3 amide bonds. The zero-order valence-electron chi connectivity index (χ0n) is 25.7. The molecule has 3 aromatic carbocycles. The molecule has 1 aliphatic rings. The lowest BCUT2D eigenvalue weighted by atomic mass is 9.86. The van der Waals surface area contributed by atoms with Crippen LogP contribution in [0, 0.1) is 5.82 Å². The van der Waals surface area contributed by atoms with E-state index in [2.05, 4.69) is 31.1 Å². The van der Waals surface area contributed by atoms with Crippen LogP contribution in [0.5, 0.6) is 0 Å². The van der Waals surface area contributed by atoms with E-state index in [1.165, 1.54) is 46.3 Å². The molecule has 13 nitrogen and oxygen atoms in total. The molecule has 246 valence electrons. The third-order valence-corrected chi connectivity index (χ3v) is 8.29. The SMILES string of the molecule is CNC(=O)c1ccc(-c2cccc3c2CCN(C(=O)/C=C/c2c(-n4cnnn4)ccc(Cl)c2F)C3C(=O)Nc2ccc(C(=O)O)cn2)cc1. The average molecular weight is 681 g/mol. The molecule has 6 rings (SSSR count). The molecule has 2 aromatic heterocycles. The van der Waals surface area contributed by atoms with Gasteiger partial charge in [0.05, 0.1) is 16.3 Å². The van der Waals surface area contributed by atoms with Crippen molar-refractivity contribution in [2.75, 3.05) is 18.9 Å². The van der Waals surface area contributed by atoms with Gasteiger partial charge in [-0.2, -0.15) is 4.68 Å². The van der Waals surface area contributed by atoms with Gasteiger partial charge in [0.1, 0.15) is 18.2 Å². The van der Waals surface area contributed by atoms with Crippen molar-refractivity contribution in [3.63, 3.8) is 0 Å². The van der Waals surface area contributed by atoms with E-state index in [-0.39, 0.29) is 40.1 Å². The number of fused-ring (bicyclic) bond motifs is 1. The first-order chi connectivity index (χ1) is 23.7. The molecule has 1 aliphatic heterocycles. The summed E-state index contributed by atoms with van der Waals surface area (Å²) in [6, 6.07) is 16.8. The van der Waals surface area contributed by atoms with Crippen LogP contribution in [0.15, 0.2) is 85.3 Å². The van der Waals surface area contributed by atoms with Crippen LogP contribution in [0.4, 0.5) is 10.2 Å². The van der Waals surface area contributed by atoms with E-state index in [0.29, 0.717) is 17.5 Å². The van der Waals surface area contributed by atoms with Gasteiger partial charge in [-0.3, -0.25) is 14.4 Å². The number of rotatable bonds is 8. The predicted octanol–water partition coefficient (Wildman–Crippen LogP) is 4.35. The minimum atomic E-state index is -1.18. The first-order valence-electron chi connectivity index (χ1n) is 14.8. The number of halogens is 2. The van der Waals surface area contributed by atoms with Crippen LogP contribution in [-0.2, 0) is 16.0 Å². The number of aromatic carboxylic acids is 1. The summed E-state index contributed by atoms with van der Waals surface area (Å²) in [4.78, 5) is 56.7. The fourth-order valence-electron chi connectivity index (χ4n) is 5.63. The summed E-state index contributed by atoms with van der Waals surface area (Å²) < 4.78 is 16.5. The highest BCUT2D eigenvalue weighted by Crippen LogP contribution is 2.37. The number of carbonyl (C=O) groups excluding carboxylic acids is 3. The van der Waals surface area contributed by atoms with E-state index < -0.39 is 29.6 Å². The van der Waals surface area contributed by atoms with Gasteiger partial charge in [-0.25, -0.2) is 14.2 Å². The molecule has 0 aliphatic carbocycles. The maximum atomic E-state index is 15.2. The Kier molecular flexibility index (Phi) is 9.22. The number of tetrazole rings is 1. The zero-order valence-corrected chi connectivity index (χ0v) is 26.4. The molecule has 1 unspecified atom stereocenters. The van der Waals surface area contributed by atoms with Gasteiger partial charge in [0, 0.05) is 37.0 Å². The molecule has 49 heavy (non-hydrogen) atoms. The van der Waals surface area contributed by atoms with E-state index in [4.69, 9.17) is 11.6 Å². The molecule has 5 aromatic rings. The summed E-state index contributed by atoms with van der Waals surface area (Å²) >= 11 is 6.06. The van der Waals surface area contributed by atoms with E-state index in [1.807, 2.05) is 18.2 Å². The highest BCUT2D eigenvalue weighted by Gasteiger charge is 2.36. The van der Waals surface area contributed by atoms with E-state index in [0.717, 1.165) is 29.0 Å². The van der Waals surface area contributed by atoms with Gasteiger partial charge >= 0.3 is 5.97 Å². The lowest BCUT2D eigenvalue weighted by Gasteiger charge is -2.36. The maximum Gasteiger partial charge on any atom is 0.337 e. The Morgan fingerprint density at radius 1 is 1.02 bits per heavy atom. The largest absolute Gasteiger partial charge is 0.478 e. The lowest BCUT2D eigenvalue weighted by molar-refractivity contribution is -0.135. The molecule has 3 N–H and O–H groups in total. The molecule has 0 spiro atoms. The maximum absolute atomic E-state index is 15.2. The van der Waals surface area contributed by atoms with Crippen molar-refractivity contribution < 1.29 is 28.7 Å². The van der Waals surface area contributed by atoms with Crippen molar-refractivity contribution >= 4 is 47.2 Å². The van der Waals surface area contributed by atoms with Crippen LogP contribution in [0.25, 0.3) is 22.9 Å². The van der Waals surface area contributed by atoms with Crippen LogP contribution < -0.4 is 10.6 Å². The first-order valence-corrected chi connectivity index (χ1v) is 15.2. The van der Waals surface area contributed by atoms with Gasteiger partial charge in [-0.15, -0.1) is 5.10 Å². The molecular weight excluding hydrogens is 655 g/mol. The number of pyridine rings is 1. The summed E-state index contributed by atoms with van der Waals surface area (Å²) in [6.45, 7) is 0.116. The summed E-state index contributed by atoms with van der Waals surface area (Å²) in [5.41, 5.74) is 3.59. The third kappa shape index (κ3) is 6.62. The van der Waals surface area contributed by atoms with E-state index in [9.17, 15) is 24.3 Å². The minimum absolute atomic E-state index is 0.0447.